The molecule has 1 unspecified atom stereocenters. The van der Waals surface area contributed by atoms with Crippen LogP contribution in [0.2, 0.25) is 0 Å². The van der Waals surface area contributed by atoms with Crippen molar-refractivity contribution in [3.05, 3.63) is 58.0 Å². The van der Waals surface area contributed by atoms with Gasteiger partial charge in [-0.15, -0.1) is 0 Å². The minimum atomic E-state index is -0.443. The lowest BCUT2D eigenvalue weighted by atomic mass is 10.0. The van der Waals surface area contributed by atoms with Gasteiger partial charge in [0.15, 0.2) is 4.67 Å². The van der Waals surface area contributed by atoms with Gasteiger partial charge in [-0.2, -0.15) is 0 Å². The lowest BCUT2D eigenvalue weighted by Gasteiger charge is -2.14. The van der Waals surface area contributed by atoms with Crippen LogP contribution in [0.4, 0.5) is 8.78 Å². The molecule has 0 spiro atoms. The standard InChI is InChI=1S/C13H12BrF2NO/c1-17-11(12-4-5-13(14)18-12)7-8-6-9(15)2-3-10(8)16/h2-6,11,17H,7H2,1H3. The molecule has 2 nitrogen and oxygen atoms in total. The van der Waals surface area contributed by atoms with E-state index in [1.165, 1.54) is 6.07 Å². The Morgan fingerprint density at radius 2 is 2.06 bits per heavy atom. The topological polar surface area (TPSA) is 25.2 Å². The van der Waals surface area contributed by atoms with Crippen molar-refractivity contribution in [3.63, 3.8) is 0 Å². The van der Waals surface area contributed by atoms with E-state index in [1.54, 1.807) is 19.2 Å². The van der Waals surface area contributed by atoms with Crippen LogP contribution in [0.15, 0.2) is 39.4 Å². The van der Waals surface area contributed by atoms with E-state index in [4.69, 9.17) is 4.42 Å². The molecular formula is C13H12BrF2NO. The molecule has 2 aromatic rings. The molecular weight excluding hydrogens is 304 g/mol. The average Bonchev–Trinajstić information content (AvgIpc) is 2.77. The van der Waals surface area contributed by atoms with E-state index in [9.17, 15) is 8.78 Å². The Bertz CT molecular complexity index is 542. The lowest BCUT2D eigenvalue weighted by Crippen LogP contribution is -2.18. The first-order valence-corrected chi connectivity index (χ1v) is 6.26. The molecule has 0 aliphatic carbocycles. The van der Waals surface area contributed by atoms with Crippen LogP contribution >= 0.6 is 15.9 Å². The zero-order valence-corrected chi connectivity index (χ0v) is 11.3. The highest BCUT2D eigenvalue weighted by molar-refractivity contribution is 9.10. The van der Waals surface area contributed by atoms with E-state index in [-0.39, 0.29) is 6.04 Å². The Labute approximate surface area is 112 Å². The van der Waals surface area contributed by atoms with Gasteiger partial charge in [0.05, 0.1) is 6.04 Å². The fourth-order valence-electron chi connectivity index (χ4n) is 1.78. The van der Waals surface area contributed by atoms with Gasteiger partial charge in [0.1, 0.15) is 17.4 Å². The van der Waals surface area contributed by atoms with Crippen LogP contribution in [-0.4, -0.2) is 7.05 Å². The summed E-state index contributed by atoms with van der Waals surface area (Å²) in [6, 6.07) is 6.81. The van der Waals surface area contributed by atoms with E-state index >= 15 is 0 Å². The fraction of sp³-hybridized carbons (Fsp3) is 0.231. The van der Waals surface area contributed by atoms with E-state index in [2.05, 4.69) is 21.2 Å². The maximum Gasteiger partial charge on any atom is 0.169 e. The molecule has 0 amide bonds. The molecule has 1 N–H and O–H groups in total. The third-order valence-corrected chi connectivity index (χ3v) is 3.14. The van der Waals surface area contributed by atoms with Crippen LogP contribution in [0.5, 0.6) is 0 Å². The number of hydrogen-bond acceptors (Lipinski definition) is 2. The van der Waals surface area contributed by atoms with E-state index < -0.39 is 11.6 Å². The van der Waals surface area contributed by atoms with Crippen molar-refractivity contribution in [2.45, 2.75) is 12.5 Å². The molecule has 0 radical (unpaired) electrons. The second-order valence-corrected chi connectivity index (χ2v) is 4.70. The van der Waals surface area contributed by atoms with Crippen molar-refractivity contribution in [1.29, 1.82) is 0 Å². The summed E-state index contributed by atoms with van der Waals surface area (Å²) in [5.41, 5.74) is 0.321. The van der Waals surface area contributed by atoms with Crippen molar-refractivity contribution in [2.75, 3.05) is 7.05 Å². The van der Waals surface area contributed by atoms with Gasteiger partial charge in [0.25, 0.3) is 0 Å². The molecule has 1 heterocycles. The summed E-state index contributed by atoms with van der Waals surface area (Å²) >= 11 is 3.21. The predicted octanol–water partition coefficient (Wildman–Crippen LogP) is 3.82. The second-order valence-electron chi connectivity index (χ2n) is 3.92. The quantitative estimate of drug-likeness (QED) is 0.927. The van der Waals surface area contributed by atoms with Crippen molar-refractivity contribution < 1.29 is 13.2 Å². The highest BCUT2D eigenvalue weighted by Gasteiger charge is 2.16. The summed E-state index contributed by atoms with van der Waals surface area (Å²) in [6.45, 7) is 0. The second kappa shape index (κ2) is 5.63. The van der Waals surface area contributed by atoms with Crippen molar-refractivity contribution in [3.8, 4) is 0 Å². The van der Waals surface area contributed by atoms with Gasteiger partial charge >= 0.3 is 0 Å². The van der Waals surface area contributed by atoms with Gasteiger partial charge in [0, 0.05) is 0 Å². The summed E-state index contributed by atoms with van der Waals surface area (Å²) in [4.78, 5) is 0. The summed E-state index contributed by atoms with van der Waals surface area (Å²) in [6.07, 6.45) is 0.319. The molecule has 0 aliphatic heterocycles. The highest BCUT2D eigenvalue weighted by atomic mass is 79.9. The number of rotatable bonds is 4. The highest BCUT2D eigenvalue weighted by Crippen LogP contribution is 2.24. The molecule has 0 aliphatic rings. The Kier molecular flexibility index (Phi) is 4.14. The molecule has 1 aromatic carbocycles. The van der Waals surface area contributed by atoms with Crippen molar-refractivity contribution in [2.24, 2.45) is 0 Å². The van der Waals surface area contributed by atoms with Crippen LogP contribution in [0.25, 0.3) is 0 Å². The minimum absolute atomic E-state index is 0.201. The molecule has 1 atom stereocenters. The summed E-state index contributed by atoms with van der Waals surface area (Å²) in [7, 11) is 1.75. The number of nitrogens with one attached hydrogen (secondary N) is 1. The molecule has 0 saturated heterocycles. The molecule has 0 bridgehead atoms. The van der Waals surface area contributed by atoms with E-state index in [0.29, 0.717) is 22.4 Å². The van der Waals surface area contributed by atoms with Crippen LogP contribution in [0, 0.1) is 11.6 Å². The molecule has 96 valence electrons. The number of halogens is 3. The summed E-state index contributed by atoms with van der Waals surface area (Å²) < 4.78 is 32.7. The lowest BCUT2D eigenvalue weighted by molar-refractivity contribution is 0.412. The summed E-state index contributed by atoms with van der Waals surface area (Å²) in [5, 5.41) is 3.02. The van der Waals surface area contributed by atoms with E-state index in [0.717, 1.165) is 12.1 Å². The maximum absolute atomic E-state index is 13.6. The number of benzene rings is 1. The molecule has 1 aromatic heterocycles. The SMILES string of the molecule is CNC(Cc1cc(F)ccc1F)c1ccc(Br)o1. The van der Waals surface area contributed by atoms with Gasteiger partial charge < -0.3 is 9.73 Å². The van der Waals surface area contributed by atoms with Crippen molar-refractivity contribution >= 4 is 15.9 Å². The fourth-order valence-corrected chi connectivity index (χ4v) is 2.10. The smallest absolute Gasteiger partial charge is 0.169 e. The Morgan fingerprint density at radius 3 is 2.67 bits per heavy atom. The van der Waals surface area contributed by atoms with Crippen LogP contribution < -0.4 is 5.32 Å². The number of furan rings is 1. The third-order valence-electron chi connectivity index (χ3n) is 2.72. The maximum atomic E-state index is 13.6. The zero-order chi connectivity index (χ0) is 13.1. The zero-order valence-electron chi connectivity index (χ0n) is 9.71. The molecule has 0 saturated carbocycles. The third kappa shape index (κ3) is 2.97. The van der Waals surface area contributed by atoms with Crippen LogP contribution in [-0.2, 0) is 6.42 Å². The molecule has 2 rings (SSSR count). The number of likely N-dealkylation sites (N-methyl/N-ethyl adjacent to an activating group) is 1. The van der Waals surface area contributed by atoms with Gasteiger partial charge in [-0.25, -0.2) is 8.78 Å². The van der Waals surface area contributed by atoms with Gasteiger partial charge in [-0.3, -0.25) is 0 Å². The Morgan fingerprint density at radius 1 is 1.28 bits per heavy atom. The van der Waals surface area contributed by atoms with Crippen LogP contribution in [0.1, 0.15) is 17.4 Å². The van der Waals surface area contributed by atoms with Crippen molar-refractivity contribution in [1.82, 2.24) is 5.32 Å². The van der Waals surface area contributed by atoms with Gasteiger partial charge in [-0.1, -0.05) is 0 Å². The predicted molar refractivity (Wildman–Crippen MR) is 68.3 cm³/mol. The molecule has 18 heavy (non-hydrogen) atoms. The monoisotopic (exact) mass is 315 g/mol. The van der Waals surface area contributed by atoms with Crippen LogP contribution in [0.3, 0.4) is 0 Å². The molecule has 0 fully saturated rings. The first-order valence-electron chi connectivity index (χ1n) is 5.46. The Hall–Kier alpha value is -1.20. The summed E-state index contributed by atoms with van der Waals surface area (Å²) in [5.74, 6) is -0.183. The first kappa shape index (κ1) is 13.2. The largest absolute Gasteiger partial charge is 0.453 e. The van der Waals surface area contributed by atoms with Gasteiger partial charge in [-0.05, 0) is 65.3 Å². The molecule has 5 heteroatoms. The van der Waals surface area contributed by atoms with E-state index in [1.807, 2.05) is 0 Å². The normalized spacial score (nSPS) is 12.7. The number of hydrogen-bond donors (Lipinski definition) is 1. The Balaban J connectivity index is 2.22. The van der Waals surface area contributed by atoms with Gasteiger partial charge in [0.2, 0.25) is 0 Å². The average molecular weight is 316 g/mol. The first-order chi connectivity index (χ1) is 8.60. The minimum Gasteiger partial charge on any atom is -0.453 e.